The Morgan fingerprint density at radius 3 is 3.05 bits per heavy atom. The first-order valence-corrected chi connectivity index (χ1v) is 7.82. The molecule has 0 aromatic carbocycles. The largest absolute Gasteiger partial charge is 0.382 e. The second-order valence-electron chi connectivity index (χ2n) is 4.17. The van der Waals surface area contributed by atoms with Gasteiger partial charge in [0, 0.05) is 36.3 Å². The normalized spacial score (nSPS) is 10.6. The summed E-state index contributed by atoms with van der Waals surface area (Å²) in [6.07, 6.45) is 4.42. The van der Waals surface area contributed by atoms with Crippen LogP contribution in [0.25, 0.3) is 11.1 Å². The maximum Gasteiger partial charge on any atom is 0.147 e. The molecule has 20 heavy (non-hydrogen) atoms. The minimum Gasteiger partial charge on any atom is -0.382 e. The maximum absolute atomic E-state index is 5.96. The quantitative estimate of drug-likeness (QED) is 0.758. The maximum atomic E-state index is 5.96. The highest BCUT2D eigenvalue weighted by Crippen LogP contribution is 2.36. The molecule has 0 saturated carbocycles. The number of hydrogen-bond donors (Lipinski definition) is 2. The van der Waals surface area contributed by atoms with Gasteiger partial charge in [-0.3, -0.25) is 4.98 Å². The highest BCUT2D eigenvalue weighted by molar-refractivity contribution is 7.11. The molecule has 3 rings (SSSR count). The van der Waals surface area contributed by atoms with Crippen LogP contribution in [-0.4, -0.2) is 20.9 Å². The van der Waals surface area contributed by atoms with Gasteiger partial charge >= 0.3 is 0 Å². The van der Waals surface area contributed by atoms with Crippen molar-refractivity contribution in [2.45, 2.75) is 6.42 Å². The molecule has 0 amide bonds. The Morgan fingerprint density at radius 1 is 1.35 bits per heavy atom. The van der Waals surface area contributed by atoms with Crippen molar-refractivity contribution in [3.63, 3.8) is 0 Å². The zero-order valence-corrected chi connectivity index (χ0v) is 12.2. The molecule has 0 saturated heterocycles. The lowest BCUT2D eigenvalue weighted by Gasteiger charge is -2.06. The van der Waals surface area contributed by atoms with Crippen LogP contribution in [-0.2, 0) is 6.42 Å². The number of nitrogen functional groups attached to an aromatic ring is 1. The van der Waals surface area contributed by atoms with Gasteiger partial charge in [0.25, 0.3) is 0 Å². The van der Waals surface area contributed by atoms with E-state index in [0.29, 0.717) is 5.82 Å². The predicted octanol–water partition coefficient (Wildman–Crippen LogP) is 2.90. The molecule has 102 valence electrons. The molecule has 3 aromatic rings. The van der Waals surface area contributed by atoms with Crippen LogP contribution in [0.5, 0.6) is 0 Å². The lowest BCUT2D eigenvalue weighted by atomic mass is 10.1. The summed E-state index contributed by atoms with van der Waals surface area (Å²) in [7, 11) is 0. The van der Waals surface area contributed by atoms with Crippen LogP contribution in [0.15, 0.2) is 35.4 Å². The van der Waals surface area contributed by atoms with E-state index in [0.717, 1.165) is 34.8 Å². The molecule has 0 spiro atoms. The number of pyridine rings is 1. The lowest BCUT2D eigenvalue weighted by Crippen LogP contribution is -2.04. The van der Waals surface area contributed by atoms with Crippen molar-refractivity contribution in [1.29, 1.82) is 0 Å². The molecule has 0 aliphatic heterocycles. The van der Waals surface area contributed by atoms with E-state index in [1.807, 2.05) is 17.6 Å². The van der Waals surface area contributed by atoms with Crippen molar-refractivity contribution >= 4 is 33.7 Å². The van der Waals surface area contributed by atoms with Crippen molar-refractivity contribution in [1.82, 2.24) is 14.3 Å². The van der Waals surface area contributed by atoms with E-state index in [-0.39, 0.29) is 0 Å². The Balaban J connectivity index is 1.74. The minimum absolute atomic E-state index is 0.541. The van der Waals surface area contributed by atoms with Gasteiger partial charge in [-0.25, -0.2) is 4.98 Å². The van der Waals surface area contributed by atoms with E-state index in [1.165, 1.54) is 11.5 Å². The van der Waals surface area contributed by atoms with Crippen LogP contribution in [0.1, 0.15) is 5.69 Å². The van der Waals surface area contributed by atoms with Gasteiger partial charge in [-0.05, 0) is 17.6 Å². The topological polar surface area (TPSA) is 76.7 Å². The first kappa shape index (κ1) is 13.0. The fraction of sp³-hybridized carbons (Fsp3) is 0.154. The SMILES string of the molecule is Nc1nsc(NCCc2cscn2)c1-c1cccnc1. The van der Waals surface area contributed by atoms with E-state index < -0.39 is 0 Å². The monoisotopic (exact) mass is 303 g/mol. The van der Waals surface area contributed by atoms with Crippen molar-refractivity contribution in [3.8, 4) is 11.1 Å². The van der Waals surface area contributed by atoms with E-state index >= 15 is 0 Å². The third kappa shape index (κ3) is 2.78. The Kier molecular flexibility index (Phi) is 3.89. The second-order valence-corrected chi connectivity index (χ2v) is 5.66. The second kappa shape index (κ2) is 5.98. The number of anilines is 2. The van der Waals surface area contributed by atoms with Crippen LogP contribution in [0.3, 0.4) is 0 Å². The Morgan fingerprint density at radius 2 is 2.30 bits per heavy atom. The zero-order chi connectivity index (χ0) is 13.8. The molecule has 0 radical (unpaired) electrons. The number of nitrogens with two attached hydrogens (primary N) is 1. The molecular formula is C13H13N5S2. The summed E-state index contributed by atoms with van der Waals surface area (Å²) in [4.78, 5) is 8.39. The van der Waals surface area contributed by atoms with Crippen molar-refractivity contribution in [3.05, 3.63) is 41.1 Å². The molecule has 5 nitrogen and oxygen atoms in total. The third-order valence-electron chi connectivity index (χ3n) is 2.82. The summed E-state index contributed by atoms with van der Waals surface area (Å²) >= 11 is 2.99. The number of thiazole rings is 1. The summed E-state index contributed by atoms with van der Waals surface area (Å²) in [6, 6.07) is 3.88. The molecular weight excluding hydrogens is 290 g/mol. The molecule has 0 fully saturated rings. The average molecular weight is 303 g/mol. The first-order chi connectivity index (χ1) is 9.84. The van der Waals surface area contributed by atoms with Gasteiger partial charge in [-0.2, -0.15) is 4.37 Å². The molecule has 3 heterocycles. The first-order valence-electron chi connectivity index (χ1n) is 6.11. The Labute approximate surface area is 124 Å². The molecule has 0 aliphatic carbocycles. The molecule has 0 atom stereocenters. The smallest absolute Gasteiger partial charge is 0.147 e. The highest BCUT2D eigenvalue weighted by atomic mass is 32.1. The Hall–Kier alpha value is -1.99. The van der Waals surface area contributed by atoms with Crippen molar-refractivity contribution in [2.24, 2.45) is 0 Å². The lowest BCUT2D eigenvalue weighted by molar-refractivity contribution is 0.981. The zero-order valence-electron chi connectivity index (χ0n) is 10.6. The standard InChI is InChI=1S/C13H13N5S2/c14-12-11(9-2-1-4-15-6-9)13(20-18-12)16-5-3-10-7-19-8-17-10/h1-2,4,6-8,16H,3,5H2,(H2,14,18). The van der Waals surface area contributed by atoms with E-state index in [9.17, 15) is 0 Å². The number of aromatic nitrogens is 3. The van der Waals surface area contributed by atoms with Crippen LogP contribution in [0.2, 0.25) is 0 Å². The molecule has 3 aromatic heterocycles. The average Bonchev–Trinajstić information content (AvgIpc) is 3.10. The fourth-order valence-electron chi connectivity index (χ4n) is 1.88. The molecule has 0 aliphatic rings. The van der Waals surface area contributed by atoms with E-state index in [2.05, 4.69) is 25.0 Å². The fourth-order valence-corrected chi connectivity index (χ4v) is 3.23. The molecule has 0 bridgehead atoms. The van der Waals surface area contributed by atoms with Gasteiger partial charge < -0.3 is 11.1 Å². The van der Waals surface area contributed by atoms with Crippen LogP contribution in [0, 0.1) is 0 Å². The van der Waals surface area contributed by atoms with Gasteiger partial charge in [-0.1, -0.05) is 6.07 Å². The van der Waals surface area contributed by atoms with Gasteiger partial charge in [0.1, 0.15) is 10.8 Å². The molecule has 3 N–H and O–H groups in total. The van der Waals surface area contributed by atoms with E-state index in [1.54, 1.807) is 23.7 Å². The van der Waals surface area contributed by atoms with Crippen molar-refractivity contribution in [2.75, 3.05) is 17.6 Å². The highest BCUT2D eigenvalue weighted by Gasteiger charge is 2.13. The number of rotatable bonds is 5. The number of nitrogens with zero attached hydrogens (tertiary/aromatic N) is 3. The van der Waals surface area contributed by atoms with Crippen LogP contribution >= 0.6 is 22.9 Å². The van der Waals surface area contributed by atoms with Crippen LogP contribution in [0.4, 0.5) is 10.8 Å². The minimum atomic E-state index is 0.541. The van der Waals surface area contributed by atoms with Gasteiger partial charge in [0.15, 0.2) is 0 Å². The summed E-state index contributed by atoms with van der Waals surface area (Å²) in [5.41, 5.74) is 10.8. The van der Waals surface area contributed by atoms with Gasteiger partial charge in [0.2, 0.25) is 0 Å². The summed E-state index contributed by atoms with van der Waals surface area (Å²) in [6.45, 7) is 0.804. The van der Waals surface area contributed by atoms with Crippen molar-refractivity contribution < 1.29 is 0 Å². The number of nitrogens with one attached hydrogen (secondary N) is 1. The molecule has 7 heteroatoms. The Bertz CT molecular complexity index is 663. The van der Waals surface area contributed by atoms with Gasteiger partial charge in [-0.15, -0.1) is 11.3 Å². The van der Waals surface area contributed by atoms with Gasteiger partial charge in [0.05, 0.1) is 16.8 Å². The van der Waals surface area contributed by atoms with E-state index in [4.69, 9.17) is 5.73 Å². The molecule has 0 unspecified atom stereocenters. The summed E-state index contributed by atoms with van der Waals surface area (Å²) in [5, 5.41) is 6.42. The summed E-state index contributed by atoms with van der Waals surface area (Å²) in [5.74, 6) is 0.541. The third-order valence-corrected chi connectivity index (χ3v) is 4.27. The predicted molar refractivity (Wildman–Crippen MR) is 84.1 cm³/mol. The van der Waals surface area contributed by atoms with Crippen LogP contribution < -0.4 is 11.1 Å². The summed E-state index contributed by atoms with van der Waals surface area (Å²) < 4.78 is 4.22. The number of hydrogen-bond acceptors (Lipinski definition) is 7.